The van der Waals surface area contributed by atoms with Crippen LogP contribution in [0.2, 0.25) is 0 Å². The summed E-state index contributed by atoms with van der Waals surface area (Å²) in [6.07, 6.45) is 4.99. The summed E-state index contributed by atoms with van der Waals surface area (Å²) in [4.78, 5) is 23.6. The van der Waals surface area contributed by atoms with E-state index in [2.05, 4.69) is 6.92 Å². The monoisotopic (exact) mass is 402 g/mol. The van der Waals surface area contributed by atoms with Crippen molar-refractivity contribution in [1.82, 2.24) is 0 Å². The number of phenols is 1. The third kappa shape index (κ3) is 2.99. The lowest BCUT2D eigenvalue weighted by molar-refractivity contribution is -0.184. The van der Waals surface area contributed by atoms with E-state index < -0.39 is 17.5 Å². The molecule has 3 aliphatic carbocycles. The molecule has 1 aromatic carbocycles. The van der Waals surface area contributed by atoms with Crippen LogP contribution in [0.25, 0.3) is 0 Å². The van der Waals surface area contributed by atoms with Crippen molar-refractivity contribution in [1.29, 1.82) is 0 Å². The maximum atomic E-state index is 11.9. The summed E-state index contributed by atoms with van der Waals surface area (Å²) in [5.41, 5.74) is 1.17. The van der Waals surface area contributed by atoms with E-state index in [1.54, 1.807) is 7.11 Å². The zero-order chi connectivity index (χ0) is 21.0. The Morgan fingerprint density at radius 2 is 1.97 bits per heavy atom. The number of benzene rings is 1. The van der Waals surface area contributed by atoms with Crippen LogP contribution in [0.4, 0.5) is 0 Å². The second-order valence-electron chi connectivity index (χ2n) is 9.29. The highest BCUT2D eigenvalue weighted by molar-refractivity contribution is 5.71. The highest BCUT2D eigenvalue weighted by atomic mass is 16.6. The van der Waals surface area contributed by atoms with Gasteiger partial charge in [-0.25, -0.2) is 0 Å². The van der Waals surface area contributed by atoms with E-state index in [1.165, 1.54) is 18.1 Å². The number of aliphatic carboxylic acids is 1. The minimum atomic E-state index is -0.923. The van der Waals surface area contributed by atoms with E-state index in [4.69, 9.17) is 9.47 Å². The predicted molar refractivity (Wildman–Crippen MR) is 106 cm³/mol. The Labute approximate surface area is 171 Å². The van der Waals surface area contributed by atoms with Gasteiger partial charge in [-0.05, 0) is 79.5 Å². The molecular weight excluding hydrogens is 372 g/mol. The highest BCUT2D eigenvalue weighted by Gasteiger charge is 2.64. The van der Waals surface area contributed by atoms with E-state index >= 15 is 0 Å². The molecule has 6 heteroatoms. The molecule has 0 amide bonds. The molecule has 5 atom stereocenters. The third-order valence-electron chi connectivity index (χ3n) is 8.09. The molecule has 2 saturated carbocycles. The molecule has 2 N–H and O–H groups in total. The number of aryl methyl sites for hydroxylation is 1. The van der Waals surface area contributed by atoms with Crippen molar-refractivity contribution in [3.05, 3.63) is 23.3 Å². The predicted octanol–water partition coefficient (Wildman–Crippen LogP) is 4.03. The molecule has 0 saturated heterocycles. The number of hydrogen-bond acceptors (Lipinski definition) is 5. The molecule has 0 radical (unpaired) electrons. The van der Waals surface area contributed by atoms with Crippen molar-refractivity contribution in [2.24, 2.45) is 17.3 Å². The number of carboxylic acid groups (broad SMARTS) is 1. The Morgan fingerprint density at radius 1 is 1.21 bits per heavy atom. The number of esters is 1. The van der Waals surface area contributed by atoms with Gasteiger partial charge in [0.1, 0.15) is 5.60 Å². The molecule has 0 aliphatic heterocycles. The van der Waals surface area contributed by atoms with Gasteiger partial charge in [0.2, 0.25) is 0 Å². The summed E-state index contributed by atoms with van der Waals surface area (Å²) in [7, 11) is 1.57. The number of methoxy groups -OCH3 is 1. The molecule has 3 aliphatic rings. The van der Waals surface area contributed by atoms with Gasteiger partial charge in [-0.1, -0.05) is 6.92 Å². The van der Waals surface area contributed by atoms with Gasteiger partial charge < -0.3 is 19.7 Å². The van der Waals surface area contributed by atoms with Gasteiger partial charge in [-0.2, -0.15) is 0 Å². The second kappa shape index (κ2) is 6.92. The maximum absolute atomic E-state index is 11.9. The number of phenolic OH excluding ortho intramolecular Hbond substituents is 1. The second-order valence-corrected chi connectivity index (χ2v) is 9.29. The van der Waals surface area contributed by atoms with Crippen LogP contribution in [0, 0.1) is 17.3 Å². The number of fused-ring (bicyclic) bond motifs is 5. The Bertz CT molecular complexity index is 830. The van der Waals surface area contributed by atoms with Crippen LogP contribution in [-0.2, 0) is 20.7 Å². The van der Waals surface area contributed by atoms with E-state index in [1.807, 2.05) is 12.1 Å². The summed E-state index contributed by atoms with van der Waals surface area (Å²) >= 11 is 0. The van der Waals surface area contributed by atoms with Gasteiger partial charge in [-0.3, -0.25) is 9.59 Å². The maximum Gasteiger partial charge on any atom is 0.307 e. The van der Waals surface area contributed by atoms with Gasteiger partial charge in [0.25, 0.3) is 0 Å². The third-order valence-corrected chi connectivity index (χ3v) is 8.09. The minimum Gasteiger partial charge on any atom is -0.504 e. The fourth-order valence-corrected chi connectivity index (χ4v) is 6.86. The average molecular weight is 402 g/mol. The van der Waals surface area contributed by atoms with Crippen LogP contribution in [-0.4, -0.2) is 34.9 Å². The Kier molecular flexibility index (Phi) is 4.79. The number of carbonyl (C=O) groups excluding carboxylic acids is 1. The summed E-state index contributed by atoms with van der Waals surface area (Å²) in [5, 5.41) is 19.7. The number of ether oxygens (including phenoxy) is 2. The van der Waals surface area contributed by atoms with Crippen molar-refractivity contribution >= 4 is 11.9 Å². The van der Waals surface area contributed by atoms with Gasteiger partial charge >= 0.3 is 11.9 Å². The van der Waals surface area contributed by atoms with Gasteiger partial charge in [0.15, 0.2) is 11.5 Å². The molecule has 6 nitrogen and oxygen atoms in total. The molecule has 0 spiro atoms. The van der Waals surface area contributed by atoms with Crippen LogP contribution in [0.3, 0.4) is 0 Å². The number of aromatic hydroxyl groups is 1. The fraction of sp³-hybridized carbons (Fsp3) is 0.652. The van der Waals surface area contributed by atoms with Gasteiger partial charge in [0, 0.05) is 12.3 Å². The summed E-state index contributed by atoms with van der Waals surface area (Å²) in [6.45, 7) is 3.52. The normalized spacial score (nSPS) is 35.2. The van der Waals surface area contributed by atoms with Gasteiger partial charge in [-0.15, -0.1) is 0 Å². The first-order chi connectivity index (χ1) is 13.7. The molecule has 158 valence electrons. The van der Waals surface area contributed by atoms with Crippen LogP contribution in [0.5, 0.6) is 11.5 Å². The molecule has 4 rings (SSSR count). The van der Waals surface area contributed by atoms with Crippen LogP contribution < -0.4 is 4.74 Å². The molecule has 2 fully saturated rings. The number of carbonyl (C=O) groups is 2. The summed E-state index contributed by atoms with van der Waals surface area (Å²) < 4.78 is 11.2. The molecule has 0 bridgehead atoms. The average Bonchev–Trinajstić information content (AvgIpc) is 2.91. The first-order valence-corrected chi connectivity index (χ1v) is 10.5. The van der Waals surface area contributed by atoms with Crippen LogP contribution >= 0.6 is 0 Å². The molecule has 29 heavy (non-hydrogen) atoms. The van der Waals surface area contributed by atoms with Crippen LogP contribution in [0.15, 0.2) is 12.1 Å². The van der Waals surface area contributed by atoms with Gasteiger partial charge in [0.05, 0.1) is 13.5 Å². The number of hydrogen-bond donors (Lipinski definition) is 2. The topological polar surface area (TPSA) is 93.1 Å². The standard InChI is InChI=1S/C23H30O6/c1-13(24)29-23(12-21(26)27)9-7-18-16-5-4-14-10-19(25)20(28-3)11-17(14)15(16)6-8-22(18,23)2/h10-11,15-16,18,25H,4-9,12H2,1-3H3,(H,26,27)/t15-,16+,18-,22-,23+/m0/s1. The number of rotatable bonds is 4. The minimum absolute atomic E-state index is 0.130. The Morgan fingerprint density at radius 3 is 2.62 bits per heavy atom. The van der Waals surface area contributed by atoms with E-state index in [-0.39, 0.29) is 17.6 Å². The Balaban J connectivity index is 1.70. The molecule has 0 aromatic heterocycles. The first kappa shape index (κ1) is 20.0. The highest BCUT2D eigenvalue weighted by Crippen LogP contribution is 2.66. The van der Waals surface area contributed by atoms with Crippen molar-refractivity contribution in [3.8, 4) is 11.5 Å². The number of carboxylic acids is 1. The van der Waals surface area contributed by atoms with E-state index in [9.17, 15) is 19.8 Å². The van der Waals surface area contributed by atoms with Crippen molar-refractivity contribution in [2.75, 3.05) is 7.11 Å². The zero-order valence-corrected chi connectivity index (χ0v) is 17.4. The summed E-state index contributed by atoms with van der Waals surface area (Å²) in [6, 6.07) is 3.82. The lowest BCUT2D eigenvalue weighted by atomic mass is 9.53. The van der Waals surface area contributed by atoms with Crippen molar-refractivity contribution in [3.63, 3.8) is 0 Å². The molecule has 1 aromatic rings. The SMILES string of the molecule is COc1cc2c(cc1O)CC[C@@H]1[C@@H]2CC[C@@]2(C)[C@H]1CC[C@]2(CC(=O)O)OC(C)=O. The lowest BCUT2D eigenvalue weighted by Gasteiger charge is -2.54. The van der Waals surface area contributed by atoms with Crippen molar-refractivity contribution in [2.45, 2.75) is 70.3 Å². The Hall–Kier alpha value is -2.24. The lowest BCUT2D eigenvalue weighted by Crippen LogP contribution is -2.53. The van der Waals surface area contributed by atoms with E-state index in [0.717, 1.165) is 32.1 Å². The molecular formula is C23H30O6. The largest absolute Gasteiger partial charge is 0.504 e. The zero-order valence-electron chi connectivity index (χ0n) is 17.4. The fourth-order valence-electron chi connectivity index (χ4n) is 6.86. The smallest absolute Gasteiger partial charge is 0.307 e. The van der Waals surface area contributed by atoms with E-state index in [0.29, 0.717) is 29.9 Å². The molecule has 0 unspecified atom stereocenters. The first-order valence-electron chi connectivity index (χ1n) is 10.5. The summed E-state index contributed by atoms with van der Waals surface area (Å²) in [5.74, 6) is 0.471. The quantitative estimate of drug-likeness (QED) is 0.739. The van der Waals surface area contributed by atoms with Crippen molar-refractivity contribution < 1.29 is 29.3 Å². The molecule has 0 heterocycles. The van der Waals surface area contributed by atoms with Crippen LogP contribution in [0.1, 0.15) is 69.4 Å².